The Balaban J connectivity index is 1.62. The lowest BCUT2D eigenvalue weighted by Gasteiger charge is -2.33. The molecule has 0 bridgehead atoms. The molecule has 2 aromatic rings. The van der Waals surface area contributed by atoms with Gasteiger partial charge in [0.05, 0.1) is 4.34 Å². The van der Waals surface area contributed by atoms with E-state index < -0.39 is 10.0 Å². The molecule has 0 saturated carbocycles. The average Bonchev–Trinajstić information content (AvgIpc) is 2.95. The van der Waals surface area contributed by atoms with Gasteiger partial charge in [0.15, 0.2) is 0 Å². The van der Waals surface area contributed by atoms with Crippen LogP contribution in [0.4, 0.5) is 0 Å². The third kappa shape index (κ3) is 3.95. The Kier molecular flexibility index (Phi) is 5.08. The molecule has 2 heterocycles. The molecule has 124 valence electrons. The Bertz CT molecular complexity index is 781. The normalized spacial score (nSPS) is 17.5. The van der Waals surface area contributed by atoms with Crippen LogP contribution in [0, 0.1) is 6.92 Å². The van der Waals surface area contributed by atoms with E-state index in [2.05, 4.69) is 36.1 Å². The topological polar surface area (TPSA) is 40.6 Å². The van der Waals surface area contributed by atoms with E-state index in [9.17, 15) is 8.42 Å². The van der Waals surface area contributed by atoms with E-state index in [0.29, 0.717) is 21.6 Å². The molecule has 0 aliphatic carbocycles. The lowest BCUT2D eigenvalue weighted by Crippen LogP contribution is -2.48. The fourth-order valence-corrected chi connectivity index (χ4v) is 5.82. The van der Waals surface area contributed by atoms with Gasteiger partial charge in [0.1, 0.15) is 4.21 Å². The number of aryl methyl sites for hydroxylation is 1. The number of rotatable bonds is 4. The number of halogens is 1. The highest BCUT2D eigenvalue weighted by molar-refractivity contribution is 7.91. The van der Waals surface area contributed by atoms with E-state index in [0.717, 1.165) is 31.0 Å². The van der Waals surface area contributed by atoms with Gasteiger partial charge in [-0.1, -0.05) is 41.4 Å². The lowest BCUT2D eigenvalue weighted by atomic mass is 10.1. The highest BCUT2D eigenvalue weighted by Crippen LogP contribution is 2.28. The van der Waals surface area contributed by atoms with Gasteiger partial charge in [-0.2, -0.15) is 4.31 Å². The van der Waals surface area contributed by atoms with Crippen molar-refractivity contribution in [2.75, 3.05) is 26.2 Å². The molecule has 23 heavy (non-hydrogen) atoms. The maximum atomic E-state index is 12.6. The third-order valence-electron chi connectivity index (χ3n) is 3.96. The molecule has 1 aliphatic heterocycles. The number of thiophene rings is 1. The van der Waals surface area contributed by atoms with Crippen LogP contribution >= 0.6 is 22.9 Å². The van der Waals surface area contributed by atoms with Crippen molar-refractivity contribution in [1.82, 2.24) is 9.21 Å². The lowest BCUT2D eigenvalue weighted by molar-refractivity contribution is 0.182. The van der Waals surface area contributed by atoms with Crippen molar-refractivity contribution >= 4 is 33.0 Å². The number of sulfonamides is 1. The molecule has 0 radical (unpaired) electrons. The predicted molar refractivity (Wildman–Crippen MR) is 94.5 cm³/mol. The van der Waals surface area contributed by atoms with Gasteiger partial charge in [0.25, 0.3) is 10.0 Å². The van der Waals surface area contributed by atoms with Gasteiger partial charge in [-0.15, -0.1) is 11.3 Å². The van der Waals surface area contributed by atoms with Crippen LogP contribution in [0.15, 0.2) is 40.6 Å². The predicted octanol–water partition coefficient (Wildman–Crippen LogP) is 3.22. The van der Waals surface area contributed by atoms with E-state index in [4.69, 9.17) is 11.6 Å². The summed E-state index contributed by atoms with van der Waals surface area (Å²) in [6.45, 7) is 5.46. The molecular formula is C16H19ClN2O2S2. The fourth-order valence-electron chi connectivity index (χ4n) is 2.76. The first kappa shape index (κ1) is 16.9. The summed E-state index contributed by atoms with van der Waals surface area (Å²) in [7, 11) is -3.40. The van der Waals surface area contributed by atoms with Gasteiger partial charge < -0.3 is 0 Å². The van der Waals surface area contributed by atoms with Crippen molar-refractivity contribution in [1.29, 1.82) is 0 Å². The third-order valence-corrected chi connectivity index (χ3v) is 7.56. The van der Waals surface area contributed by atoms with Crippen molar-refractivity contribution in [3.63, 3.8) is 0 Å². The quantitative estimate of drug-likeness (QED) is 0.829. The summed E-state index contributed by atoms with van der Waals surface area (Å²) in [5.41, 5.74) is 2.52. The Morgan fingerprint density at radius 3 is 2.48 bits per heavy atom. The summed E-state index contributed by atoms with van der Waals surface area (Å²) < 4.78 is 27.5. The van der Waals surface area contributed by atoms with Crippen LogP contribution in [0.3, 0.4) is 0 Å². The maximum absolute atomic E-state index is 12.6. The summed E-state index contributed by atoms with van der Waals surface area (Å²) in [4.78, 5) is 2.29. The summed E-state index contributed by atoms with van der Waals surface area (Å²) in [5.74, 6) is 0. The van der Waals surface area contributed by atoms with Crippen molar-refractivity contribution in [2.45, 2.75) is 17.7 Å². The van der Waals surface area contributed by atoms with Gasteiger partial charge in [0, 0.05) is 32.7 Å². The minimum absolute atomic E-state index is 0.328. The summed E-state index contributed by atoms with van der Waals surface area (Å²) >= 11 is 6.97. The molecule has 0 atom stereocenters. The minimum Gasteiger partial charge on any atom is -0.296 e. The Morgan fingerprint density at radius 2 is 1.87 bits per heavy atom. The molecule has 0 N–H and O–H groups in total. The van der Waals surface area contributed by atoms with Crippen LogP contribution in [0.2, 0.25) is 4.34 Å². The molecule has 0 amide bonds. The van der Waals surface area contributed by atoms with Gasteiger partial charge in [-0.05, 0) is 24.6 Å². The van der Waals surface area contributed by atoms with Crippen molar-refractivity contribution < 1.29 is 8.42 Å². The molecular weight excluding hydrogens is 352 g/mol. The van der Waals surface area contributed by atoms with Crippen molar-refractivity contribution in [3.8, 4) is 0 Å². The Hall–Kier alpha value is -0.920. The van der Waals surface area contributed by atoms with E-state index >= 15 is 0 Å². The number of benzene rings is 1. The molecule has 0 spiro atoms. The van der Waals surface area contributed by atoms with Crippen molar-refractivity contribution in [2.24, 2.45) is 0 Å². The Labute approximate surface area is 146 Å². The second-order valence-electron chi connectivity index (χ2n) is 5.73. The number of hydrogen-bond donors (Lipinski definition) is 0. The molecule has 1 saturated heterocycles. The largest absolute Gasteiger partial charge is 0.296 e. The molecule has 4 nitrogen and oxygen atoms in total. The summed E-state index contributed by atoms with van der Waals surface area (Å²) in [5, 5.41) is 0. The fraction of sp³-hybridized carbons (Fsp3) is 0.375. The highest BCUT2D eigenvalue weighted by Gasteiger charge is 2.29. The summed E-state index contributed by atoms with van der Waals surface area (Å²) in [6.07, 6.45) is 0. The number of hydrogen-bond acceptors (Lipinski definition) is 4. The average molecular weight is 371 g/mol. The van der Waals surface area contributed by atoms with E-state index in [-0.39, 0.29) is 0 Å². The smallest absolute Gasteiger partial charge is 0.252 e. The molecule has 1 fully saturated rings. The zero-order valence-electron chi connectivity index (χ0n) is 12.9. The molecule has 1 aromatic heterocycles. The standard InChI is InChI=1S/C16H19ClN2O2S2/c1-13-3-2-4-14(11-13)12-18-7-9-19(10-8-18)23(20,21)16-6-5-15(17)22-16/h2-6,11H,7-10,12H2,1H3. The van der Waals surface area contributed by atoms with E-state index in [1.165, 1.54) is 11.1 Å². The van der Waals surface area contributed by atoms with E-state index in [1.807, 2.05) is 0 Å². The molecule has 3 rings (SSSR count). The van der Waals surface area contributed by atoms with Gasteiger partial charge in [-0.3, -0.25) is 4.90 Å². The second kappa shape index (κ2) is 6.91. The molecule has 7 heteroatoms. The molecule has 0 unspecified atom stereocenters. The molecule has 1 aliphatic rings. The number of nitrogens with zero attached hydrogens (tertiary/aromatic N) is 2. The van der Waals surface area contributed by atoms with Crippen LogP contribution < -0.4 is 0 Å². The highest BCUT2D eigenvalue weighted by atomic mass is 35.5. The van der Waals surface area contributed by atoms with Crippen LogP contribution in [0.1, 0.15) is 11.1 Å². The maximum Gasteiger partial charge on any atom is 0.252 e. The monoisotopic (exact) mass is 370 g/mol. The second-order valence-corrected chi connectivity index (χ2v) is 9.61. The SMILES string of the molecule is Cc1cccc(CN2CCN(S(=O)(=O)c3ccc(Cl)s3)CC2)c1. The molecule has 1 aromatic carbocycles. The van der Waals surface area contributed by atoms with Gasteiger partial charge in [-0.25, -0.2) is 8.42 Å². The van der Waals surface area contributed by atoms with Crippen molar-refractivity contribution in [3.05, 3.63) is 51.9 Å². The first-order valence-electron chi connectivity index (χ1n) is 7.48. The Morgan fingerprint density at radius 1 is 1.13 bits per heavy atom. The van der Waals surface area contributed by atoms with Crippen LogP contribution in [0.5, 0.6) is 0 Å². The minimum atomic E-state index is -3.40. The van der Waals surface area contributed by atoms with Crippen LogP contribution in [-0.4, -0.2) is 43.8 Å². The van der Waals surface area contributed by atoms with Gasteiger partial charge in [0.2, 0.25) is 0 Å². The number of piperazine rings is 1. The van der Waals surface area contributed by atoms with Gasteiger partial charge >= 0.3 is 0 Å². The van der Waals surface area contributed by atoms with Crippen LogP contribution in [-0.2, 0) is 16.6 Å². The summed E-state index contributed by atoms with van der Waals surface area (Å²) in [6, 6.07) is 11.7. The van der Waals surface area contributed by atoms with Crippen LogP contribution in [0.25, 0.3) is 0 Å². The van der Waals surface area contributed by atoms with E-state index in [1.54, 1.807) is 16.4 Å². The first-order chi connectivity index (χ1) is 10.9. The zero-order valence-corrected chi connectivity index (χ0v) is 15.3. The first-order valence-corrected chi connectivity index (χ1v) is 10.1. The zero-order chi connectivity index (χ0) is 16.4.